The van der Waals surface area contributed by atoms with Crippen LogP contribution in [-0.2, 0) is 13.0 Å². The lowest BCUT2D eigenvalue weighted by molar-refractivity contribution is 0.0946. The van der Waals surface area contributed by atoms with Crippen molar-refractivity contribution in [2.75, 3.05) is 7.11 Å². The Hall–Kier alpha value is -3.58. The molecule has 0 aliphatic heterocycles. The van der Waals surface area contributed by atoms with Crippen LogP contribution in [0.1, 0.15) is 33.5 Å². The zero-order valence-electron chi connectivity index (χ0n) is 16.0. The van der Waals surface area contributed by atoms with Crippen LogP contribution in [0.15, 0.2) is 65.4 Å². The predicted octanol–water partition coefficient (Wildman–Crippen LogP) is 3.34. The Morgan fingerprint density at radius 2 is 2.14 bits per heavy atom. The lowest BCUT2D eigenvalue weighted by Gasteiger charge is -2.07. The van der Waals surface area contributed by atoms with Gasteiger partial charge in [-0.05, 0) is 35.7 Å². The second kappa shape index (κ2) is 8.20. The molecule has 29 heavy (non-hydrogen) atoms. The molecule has 0 fully saturated rings. The lowest BCUT2D eigenvalue weighted by atomic mass is 10.1. The largest absolute Gasteiger partial charge is 0.497 e. The second-order valence-electron chi connectivity index (χ2n) is 6.78. The summed E-state index contributed by atoms with van der Waals surface area (Å²) >= 11 is 0. The molecule has 0 spiro atoms. The van der Waals surface area contributed by atoms with Gasteiger partial charge in [0.25, 0.3) is 5.91 Å². The summed E-state index contributed by atoms with van der Waals surface area (Å²) in [6.07, 6.45) is 3.83. The van der Waals surface area contributed by atoms with E-state index in [1.165, 1.54) is 6.26 Å². The molecule has 0 bridgehead atoms. The number of nitrogens with zero attached hydrogens (tertiary/aromatic N) is 1. The van der Waals surface area contributed by atoms with E-state index < -0.39 is 6.04 Å². The van der Waals surface area contributed by atoms with E-state index in [4.69, 9.17) is 14.9 Å². The molecule has 1 amide bonds. The number of hydrogen-bond donors (Lipinski definition) is 3. The van der Waals surface area contributed by atoms with Crippen LogP contribution >= 0.6 is 0 Å². The molecule has 4 aromatic rings. The summed E-state index contributed by atoms with van der Waals surface area (Å²) in [5, 5.41) is 3.94. The molecule has 0 saturated heterocycles. The lowest BCUT2D eigenvalue weighted by Crippen LogP contribution is -2.23. The Labute approximate surface area is 167 Å². The number of H-pyrrole nitrogens is 1. The summed E-state index contributed by atoms with van der Waals surface area (Å²) in [6.45, 7) is 0.361. The highest BCUT2D eigenvalue weighted by atomic mass is 16.5. The number of aromatic amines is 1. The van der Waals surface area contributed by atoms with Gasteiger partial charge in [0.05, 0.1) is 13.2 Å². The standard InChI is InChI=1S/C22H22N4O3/c1-28-16-6-4-5-14(9-16)11-25-21(27)20-13-29-22(26-20)18(23)10-15-12-24-19-8-3-2-7-17(15)19/h2-9,12-13,18,24H,10-11,23H2,1H3,(H,25,27). The van der Waals surface area contributed by atoms with E-state index in [0.29, 0.717) is 18.9 Å². The van der Waals surface area contributed by atoms with E-state index in [2.05, 4.69) is 15.3 Å². The van der Waals surface area contributed by atoms with Gasteiger partial charge in [-0.3, -0.25) is 4.79 Å². The van der Waals surface area contributed by atoms with E-state index in [1.807, 2.05) is 54.7 Å². The van der Waals surface area contributed by atoms with Crippen molar-refractivity contribution in [1.29, 1.82) is 0 Å². The van der Waals surface area contributed by atoms with Crippen LogP contribution in [0.3, 0.4) is 0 Å². The fraction of sp³-hybridized carbons (Fsp3) is 0.182. The number of carbonyl (C=O) groups excluding carboxylic acids is 1. The maximum atomic E-state index is 12.4. The molecule has 7 heteroatoms. The average molecular weight is 390 g/mol. The Bertz CT molecular complexity index is 1130. The van der Waals surface area contributed by atoms with E-state index >= 15 is 0 Å². The summed E-state index contributed by atoms with van der Waals surface area (Å²) in [7, 11) is 1.61. The average Bonchev–Trinajstić information content (AvgIpc) is 3.40. The number of oxazole rings is 1. The first-order valence-corrected chi connectivity index (χ1v) is 9.31. The molecule has 1 unspecified atom stereocenters. The minimum absolute atomic E-state index is 0.206. The number of nitrogens with one attached hydrogen (secondary N) is 2. The van der Waals surface area contributed by atoms with Crippen LogP contribution in [0, 0.1) is 0 Å². The molecular weight excluding hydrogens is 368 g/mol. The normalized spacial score (nSPS) is 12.1. The van der Waals surface area contributed by atoms with Crippen LogP contribution in [0.4, 0.5) is 0 Å². The van der Waals surface area contributed by atoms with Gasteiger partial charge >= 0.3 is 0 Å². The maximum absolute atomic E-state index is 12.4. The van der Waals surface area contributed by atoms with Gasteiger partial charge in [0.15, 0.2) is 5.69 Å². The number of methoxy groups -OCH3 is 1. The Balaban J connectivity index is 1.39. The smallest absolute Gasteiger partial charge is 0.273 e. The third kappa shape index (κ3) is 4.14. The monoisotopic (exact) mass is 390 g/mol. The van der Waals surface area contributed by atoms with Crippen molar-refractivity contribution in [3.8, 4) is 5.75 Å². The third-order valence-corrected chi connectivity index (χ3v) is 4.77. The Morgan fingerprint density at radius 1 is 1.28 bits per heavy atom. The number of nitrogens with two attached hydrogens (primary N) is 1. The highest BCUT2D eigenvalue weighted by molar-refractivity contribution is 5.91. The number of carbonyl (C=O) groups is 1. The zero-order chi connectivity index (χ0) is 20.2. The van der Waals surface area contributed by atoms with Gasteiger partial charge in [-0.1, -0.05) is 30.3 Å². The van der Waals surface area contributed by atoms with Crippen molar-refractivity contribution in [3.05, 3.63) is 83.7 Å². The van der Waals surface area contributed by atoms with Gasteiger partial charge in [0.1, 0.15) is 12.0 Å². The number of ether oxygens (including phenoxy) is 1. The number of amides is 1. The number of rotatable bonds is 7. The van der Waals surface area contributed by atoms with Crippen molar-refractivity contribution < 1.29 is 13.9 Å². The van der Waals surface area contributed by atoms with Gasteiger partial charge in [-0.2, -0.15) is 0 Å². The molecule has 1 atom stereocenters. The fourth-order valence-electron chi connectivity index (χ4n) is 3.24. The topological polar surface area (TPSA) is 106 Å². The molecule has 0 saturated carbocycles. The van der Waals surface area contributed by atoms with Crippen molar-refractivity contribution in [1.82, 2.24) is 15.3 Å². The first kappa shape index (κ1) is 18.8. The van der Waals surface area contributed by atoms with Crippen molar-refractivity contribution >= 4 is 16.8 Å². The highest BCUT2D eigenvalue weighted by Gasteiger charge is 2.18. The Morgan fingerprint density at radius 3 is 3.00 bits per heavy atom. The Kier molecular flexibility index (Phi) is 5.31. The number of benzene rings is 2. The number of fused-ring (bicyclic) bond motifs is 1. The summed E-state index contributed by atoms with van der Waals surface area (Å²) in [5.74, 6) is 0.757. The molecule has 4 rings (SSSR count). The van der Waals surface area contributed by atoms with Crippen LogP contribution in [0.25, 0.3) is 10.9 Å². The van der Waals surface area contributed by atoms with Gasteiger partial charge in [-0.15, -0.1) is 0 Å². The van der Waals surface area contributed by atoms with Crippen molar-refractivity contribution in [2.45, 2.75) is 19.0 Å². The number of hydrogen-bond acceptors (Lipinski definition) is 5. The first-order chi connectivity index (χ1) is 14.1. The summed E-state index contributed by atoms with van der Waals surface area (Å²) in [4.78, 5) is 19.9. The van der Waals surface area contributed by atoms with Gasteiger partial charge in [-0.25, -0.2) is 4.98 Å². The van der Waals surface area contributed by atoms with E-state index in [-0.39, 0.29) is 11.6 Å². The fourth-order valence-corrected chi connectivity index (χ4v) is 3.24. The van der Waals surface area contributed by atoms with Crippen molar-refractivity contribution in [3.63, 3.8) is 0 Å². The van der Waals surface area contributed by atoms with E-state index in [9.17, 15) is 4.79 Å². The van der Waals surface area contributed by atoms with Crippen LogP contribution < -0.4 is 15.8 Å². The minimum Gasteiger partial charge on any atom is -0.497 e. The molecule has 2 aromatic heterocycles. The van der Waals surface area contributed by atoms with Crippen molar-refractivity contribution in [2.24, 2.45) is 5.73 Å². The maximum Gasteiger partial charge on any atom is 0.273 e. The summed E-state index contributed by atoms with van der Waals surface area (Å²) in [5.41, 5.74) is 9.54. The van der Waals surface area contributed by atoms with Gasteiger partial charge in [0, 0.05) is 23.6 Å². The van der Waals surface area contributed by atoms with E-state index in [0.717, 1.165) is 27.8 Å². The second-order valence-corrected chi connectivity index (χ2v) is 6.78. The number of aromatic nitrogens is 2. The predicted molar refractivity (Wildman–Crippen MR) is 110 cm³/mol. The van der Waals surface area contributed by atoms with Crippen LogP contribution in [0.2, 0.25) is 0 Å². The molecule has 7 nitrogen and oxygen atoms in total. The van der Waals surface area contributed by atoms with Gasteiger partial charge in [0.2, 0.25) is 5.89 Å². The first-order valence-electron chi connectivity index (χ1n) is 9.31. The van der Waals surface area contributed by atoms with Gasteiger partial charge < -0.3 is 25.2 Å². The third-order valence-electron chi connectivity index (χ3n) is 4.77. The molecule has 0 aliphatic rings. The quantitative estimate of drug-likeness (QED) is 0.449. The molecule has 0 aliphatic carbocycles. The molecule has 2 heterocycles. The molecule has 148 valence electrons. The van der Waals surface area contributed by atoms with Crippen LogP contribution in [0.5, 0.6) is 5.75 Å². The molecular formula is C22H22N4O3. The summed E-state index contributed by atoms with van der Waals surface area (Å²) < 4.78 is 10.7. The molecule has 2 aromatic carbocycles. The van der Waals surface area contributed by atoms with E-state index in [1.54, 1.807) is 7.11 Å². The number of para-hydroxylation sites is 1. The van der Waals surface area contributed by atoms with Crippen LogP contribution in [-0.4, -0.2) is 23.0 Å². The molecule has 4 N–H and O–H groups in total. The molecule has 0 radical (unpaired) electrons. The highest BCUT2D eigenvalue weighted by Crippen LogP contribution is 2.23. The summed E-state index contributed by atoms with van der Waals surface area (Å²) in [6, 6.07) is 15.1. The zero-order valence-corrected chi connectivity index (χ0v) is 16.0. The minimum atomic E-state index is -0.450. The SMILES string of the molecule is COc1cccc(CNC(=O)c2coc(C(N)Cc3c[nH]c4ccccc34)n2)c1.